The summed E-state index contributed by atoms with van der Waals surface area (Å²) in [6, 6.07) is 19.1. The number of likely N-dealkylation sites (tertiary alicyclic amines) is 1. The lowest BCUT2D eigenvalue weighted by Crippen LogP contribution is -2.48. The van der Waals surface area contributed by atoms with E-state index >= 15 is 0 Å². The van der Waals surface area contributed by atoms with E-state index in [4.69, 9.17) is 4.74 Å². The van der Waals surface area contributed by atoms with Gasteiger partial charge in [-0.05, 0) is 54.0 Å². The molecule has 0 unspecified atom stereocenters. The number of esters is 1. The third kappa shape index (κ3) is 3.39. The zero-order valence-electron chi connectivity index (χ0n) is 20.9. The molecule has 2 amide bonds. The van der Waals surface area contributed by atoms with Crippen molar-refractivity contribution < 1.29 is 23.9 Å². The first-order valence-electron chi connectivity index (χ1n) is 13.3. The molecule has 0 spiro atoms. The van der Waals surface area contributed by atoms with Crippen LogP contribution in [0.4, 0.5) is 0 Å². The largest absolute Gasteiger partial charge is 0.424 e. The highest BCUT2D eigenvalue weighted by molar-refractivity contribution is 6.10. The number of Topliss-reactive ketones (excluding diaryl/α,β-unsaturated/α-hetero) is 1. The predicted molar refractivity (Wildman–Crippen MR) is 140 cm³/mol. The lowest BCUT2D eigenvalue weighted by molar-refractivity contribution is -0.153. The molecule has 190 valence electrons. The average molecular weight is 506 g/mol. The van der Waals surface area contributed by atoms with E-state index in [0.717, 1.165) is 17.4 Å². The molecule has 38 heavy (non-hydrogen) atoms. The lowest BCUT2D eigenvalue weighted by Gasteiger charge is -2.37. The second kappa shape index (κ2) is 8.48. The van der Waals surface area contributed by atoms with Gasteiger partial charge in [-0.15, -0.1) is 0 Å². The van der Waals surface area contributed by atoms with Crippen LogP contribution in [0.1, 0.15) is 29.3 Å². The van der Waals surface area contributed by atoms with E-state index < -0.39 is 23.8 Å². The van der Waals surface area contributed by atoms with Crippen molar-refractivity contribution in [3.8, 4) is 5.75 Å². The summed E-state index contributed by atoms with van der Waals surface area (Å²) in [5.74, 6) is -1.07. The third-order valence-corrected chi connectivity index (χ3v) is 9.01. The quantitative estimate of drug-likeness (QED) is 0.161. The van der Waals surface area contributed by atoms with Crippen LogP contribution in [0.25, 0.3) is 10.8 Å². The van der Waals surface area contributed by atoms with Crippen molar-refractivity contribution >= 4 is 34.3 Å². The molecule has 3 aromatic rings. The van der Waals surface area contributed by atoms with Crippen LogP contribution >= 0.6 is 0 Å². The summed E-state index contributed by atoms with van der Waals surface area (Å²) in [4.78, 5) is 55.4. The molecule has 2 bridgehead atoms. The van der Waals surface area contributed by atoms with Gasteiger partial charge in [-0.25, -0.2) is 4.79 Å². The molecule has 0 radical (unpaired) electrons. The van der Waals surface area contributed by atoms with Crippen molar-refractivity contribution in [1.82, 2.24) is 4.90 Å². The van der Waals surface area contributed by atoms with Crippen LogP contribution in [0.5, 0.6) is 5.75 Å². The number of rotatable bonds is 6. The van der Waals surface area contributed by atoms with E-state index in [2.05, 4.69) is 12.2 Å². The van der Waals surface area contributed by atoms with E-state index in [-0.39, 0.29) is 47.2 Å². The maximum absolute atomic E-state index is 14.0. The number of hydrogen-bond donors (Lipinski definition) is 0. The Morgan fingerprint density at radius 1 is 0.868 bits per heavy atom. The van der Waals surface area contributed by atoms with Crippen LogP contribution in [-0.4, -0.2) is 34.5 Å². The Hall–Kier alpha value is -4.06. The Morgan fingerprint density at radius 3 is 2.16 bits per heavy atom. The van der Waals surface area contributed by atoms with Crippen LogP contribution in [0.2, 0.25) is 0 Å². The van der Waals surface area contributed by atoms with Gasteiger partial charge in [0.25, 0.3) is 0 Å². The molecular weight excluding hydrogens is 478 g/mol. The number of ketones is 1. The summed E-state index contributed by atoms with van der Waals surface area (Å²) in [6.07, 6.45) is 5.45. The summed E-state index contributed by atoms with van der Waals surface area (Å²) in [6.45, 7) is 1.43. The number of carbonyl (C=O) groups excluding carboxylic acids is 4. The Bertz CT molecular complexity index is 1510. The van der Waals surface area contributed by atoms with E-state index in [9.17, 15) is 19.2 Å². The molecule has 5 aliphatic rings. The van der Waals surface area contributed by atoms with Gasteiger partial charge in [0.1, 0.15) is 11.8 Å². The number of ether oxygens (including phenoxy) is 1. The number of nitrogens with zero attached hydrogens (tertiary/aromatic N) is 1. The van der Waals surface area contributed by atoms with Crippen LogP contribution < -0.4 is 4.74 Å². The minimum atomic E-state index is -1.13. The number of hydrogen-bond acceptors (Lipinski definition) is 5. The highest BCUT2D eigenvalue weighted by Gasteiger charge is 2.68. The molecule has 0 N–H and O–H groups in total. The van der Waals surface area contributed by atoms with Crippen molar-refractivity contribution in [2.45, 2.75) is 25.8 Å². The van der Waals surface area contributed by atoms with E-state index in [1.807, 2.05) is 54.6 Å². The minimum Gasteiger partial charge on any atom is -0.424 e. The molecule has 1 saturated heterocycles. The molecule has 3 fully saturated rings. The predicted octanol–water partition coefficient (Wildman–Crippen LogP) is 4.61. The molecule has 6 heteroatoms. The van der Waals surface area contributed by atoms with Crippen LogP contribution in [0.3, 0.4) is 0 Å². The van der Waals surface area contributed by atoms with Gasteiger partial charge in [-0.3, -0.25) is 19.3 Å². The Labute approximate surface area is 220 Å². The van der Waals surface area contributed by atoms with Gasteiger partial charge in [-0.2, -0.15) is 0 Å². The summed E-state index contributed by atoms with van der Waals surface area (Å²) in [7, 11) is 0. The summed E-state index contributed by atoms with van der Waals surface area (Å²) < 4.78 is 5.99. The zero-order valence-corrected chi connectivity index (χ0v) is 20.9. The standard InChI is InChI=1S/C32H27NO5/c1-17(34)20-12-11-19-9-5-6-10-21(19)29(20)38-32(37)26(15-18-7-3-2-4-8-18)33-30(35)27-22-13-14-23(25-16-24(22)25)28(27)31(33)36/h2-14,22-28H,15-16H2,1H3/t22-,23-,24-,25-,26+,27-,28+/m1/s1. The number of benzene rings is 3. The Morgan fingerprint density at radius 2 is 1.50 bits per heavy atom. The smallest absolute Gasteiger partial charge is 0.335 e. The average Bonchev–Trinajstić information content (AvgIpc) is 3.71. The second-order valence-electron chi connectivity index (χ2n) is 11.0. The third-order valence-electron chi connectivity index (χ3n) is 9.01. The number of amides is 2. The van der Waals surface area contributed by atoms with E-state index in [1.165, 1.54) is 11.8 Å². The van der Waals surface area contributed by atoms with Crippen LogP contribution in [-0.2, 0) is 20.8 Å². The maximum atomic E-state index is 14.0. The number of carbonyl (C=O) groups is 4. The first-order valence-corrected chi connectivity index (χ1v) is 13.3. The number of imide groups is 1. The van der Waals surface area contributed by atoms with Gasteiger partial charge in [-0.1, -0.05) is 72.8 Å². The zero-order chi connectivity index (χ0) is 26.1. The molecule has 7 atom stereocenters. The molecule has 0 aromatic heterocycles. The fourth-order valence-corrected chi connectivity index (χ4v) is 7.20. The van der Waals surface area contributed by atoms with E-state index in [0.29, 0.717) is 17.2 Å². The first-order chi connectivity index (χ1) is 18.4. The molecule has 1 aliphatic heterocycles. The molecular formula is C32H27NO5. The number of fused-ring (bicyclic) bond motifs is 1. The molecule has 2 saturated carbocycles. The van der Waals surface area contributed by atoms with Crippen LogP contribution in [0.15, 0.2) is 78.9 Å². The fourth-order valence-electron chi connectivity index (χ4n) is 7.20. The SMILES string of the molecule is CC(=O)c1ccc2ccccc2c1OC(=O)[C@H](Cc1ccccc1)N1C(=O)[C@@H]2[C@@H]3C=C[C@H]([C@H]4C[C@H]34)[C@@H]2C1=O. The van der Waals surface area contributed by atoms with E-state index in [1.54, 1.807) is 12.1 Å². The van der Waals surface area contributed by atoms with Gasteiger partial charge in [0.15, 0.2) is 5.78 Å². The maximum Gasteiger partial charge on any atom is 0.335 e. The Kier molecular flexibility index (Phi) is 5.15. The molecule has 6 nitrogen and oxygen atoms in total. The minimum absolute atomic E-state index is 0.0622. The topological polar surface area (TPSA) is 80.8 Å². The molecule has 1 heterocycles. The van der Waals surface area contributed by atoms with Gasteiger partial charge >= 0.3 is 5.97 Å². The summed E-state index contributed by atoms with van der Waals surface area (Å²) in [5, 5.41) is 1.45. The van der Waals surface area contributed by atoms with Gasteiger partial charge < -0.3 is 4.74 Å². The Balaban J connectivity index is 1.28. The van der Waals surface area contributed by atoms with Gasteiger partial charge in [0.05, 0.1) is 17.4 Å². The fraction of sp³-hybridized carbons (Fsp3) is 0.312. The molecule has 3 aromatic carbocycles. The van der Waals surface area contributed by atoms with Crippen molar-refractivity contribution in [2.24, 2.45) is 35.5 Å². The second-order valence-corrected chi connectivity index (χ2v) is 11.0. The summed E-state index contributed by atoms with van der Waals surface area (Å²) in [5.41, 5.74) is 1.10. The monoisotopic (exact) mass is 505 g/mol. The molecule has 8 rings (SSSR count). The highest BCUT2D eigenvalue weighted by Crippen LogP contribution is 2.65. The highest BCUT2D eigenvalue weighted by atomic mass is 16.5. The normalized spacial score (nSPS) is 29.2. The van der Waals surface area contributed by atoms with Crippen molar-refractivity contribution in [1.29, 1.82) is 0 Å². The number of allylic oxidation sites excluding steroid dienone is 2. The van der Waals surface area contributed by atoms with Crippen molar-refractivity contribution in [3.63, 3.8) is 0 Å². The van der Waals surface area contributed by atoms with Crippen molar-refractivity contribution in [2.75, 3.05) is 0 Å². The van der Waals surface area contributed by atoms with Gasteiger partial charge in [0.2, 0.25) is 11.8 Å². The van der Waals surface area contributed by atoms with Crippen molar-refractivity contribution in [3.05, 3.63) is 90.0 Å². The van der Waals surface area contributed by atoms with Gasteiger partial charge in [0, 0.05) is 11.8 Å². The first kappa shape index (κ1) is 23.1. The molecule has 4 aliphatic carbocycles. The van der Waals surface area contributed by atoms with Crippen LogP contribution in [0, 0.1) is 35.5 Å². The lowest BCUT2D eigenvalue weighted by atomic mass is 9.63. The summed E-state index contributed by atoms with van der Waals surface area (Å²) >= 11 is 0.